The van der Waals surface area contributed by atoms with Crippen molar-refractivity contribution < 1.29 is 9.53 Å². The Balaban J connectivity index is 3.56. The molecule has 84 valence electrons. The maximum atomic E-state index is 11.0. The van der Waals surface area contributed by atoms with E-state index < -0.39 is 0 Å². The molecule has 0 fully saturated rings. The Morgan fingerprint density at radius 3 is 2.57 bits per heavy atom. The number of esters is 1. The van der Waals surface area contributed by atoms with Gasteiger partial charge in [0.1, 0.15) is 0 Å². The van der Waals surface area contributed by atoms with Crippen LogP contribution in [0.4, 0.5) is 0 Å². The fourth-order valence-corrected chi connectivity index (χ4v) is 1.16. The SMILES string of the molecule is CCOC(=O)CNCC(CN)C(C)C. The van der Waals surface area contributed by atoms with Crippen molar-refractivity contribution in [1.82, 2.24) is 5.32 Å². The molecule has 0 heterocycles. The summed E-state index contributed by atoms with van der Waals surface area (Å²) in [7, 11) is 0. The molecule has 0 radical (unpaired) electrons. The second kappa shape index (κ2) is 7.76. The van der Waals surface area contributed by atoms with E-state index in [4.69, 9.17) is 10.5 Å². The Kier molecular flexibility index (Phi) is 7.42. The molecule has 0 aliphatic carbocycles. The third kappa shape index (κ3) is 5.94. The Bertz CT molecular complexity index is 160. The largest absolute Gasteiger partial charge is 0.465 e. The van der Waals surface area contributed by atoms with Gasteiger partial charge in [-0.05, 0) is 31.8 Å². The summed E-state index contributed by atoms with van der Waals surface area (Å²) in [5, 5.41) is 3.05. The Labute approximate surface area is 86.2 Å². The van der Waals surface area contributed by atoms with Gasteiger partial charge in [-0.15, -0.1) is 0 Å². The first-order valence-electron chi connectivity index (χ1n) is 5.18. The van der Waals surface area contributed by atoms with Crippen molar-refractivity contribution in [2.24, 2.45) is 17.6 Å². The molecule has 0 saturated carbocycles. The van der Waals surface area contributed by atoms with Crippen molar-refractivity contribution in [2.75, 3.05) is 26.2 Å². The zero-order chi connectivity index (χ0) is 11.0. The fraction of sp³-hybridized carbons (Fsp3) is 0.900. The minimum absolute atomic E-state index is 0.202. The van der Waals surface area contributed by atoms with E-state index in [2.05, 4.69) is 19.2 Å². The van der Waals surface area contributed by atoms with E-state index in [-0.39, 0.29) is 12.5 Å². The van der Waals surface area contributed by atoms with E-state index in [1.165, 1.54) is 0 Å². The van der Waals surface area contributed by atoms with E-state index in [0.29, 0.717) is 25.0 Å². The summed E-state index contributed by atoms with van der Waals surface area (Å²) in [6, 6.07) is 0. The molecule has 4 nitrogen and oxygen atoms in total. The van der Waals surface area contributed by atoms with Crippen LogP contribution >= 0.6 is 0 Å². The molecule has 0 spiro atoms. The van der Waals surface area contributed by atoms with Gasteiger partial charge in [0, 0.05) is 0 Å². The Morgan fingerprint density at radius 1 is 1.50 bits per heavy atom. The lowest BCUT2D eigenvalue weighted by molar-refractivity contribution is -0.142. The number of carbonyl (C=O) groups excluding carboxylic acids is 1. The van der Waals surface area contributed by atoms with E-state index >= 15 is 0 Å². The van der Waals surface area contributed by atoms with Crippen LogP contribution in [-0.2, 0) is 9.53 Å². The van der Waals surface area contributed by atoms with E-state index in [1.807, 2.05) is 0 Å². The minimum Gasteiger partial charge on any atom is -0.465 e. The molecule has 0 aromatic rings. The maximum absolute atomic E-state index is 11.0. The lowest BCUT2D eigenvalue weighted by atomic mass is 9.96. The van der Waals surface area contributed by atoms with Crippen LogP contribution in [0.2, 0.25) is 0 Å². The van der Waals surface area contributed by atoms with Crippen LogP contribution in [0.1, 0.15) is 20.8 Å². The number of nitrogens with two attached hydrogens (primary N) is 1. The quantitative estimate of drug-likeness (QED) is 0.585. The predicted molar refractivity (Wildman–Crippen MR) is 56.9 cm³/mol. The van der Waals surface area contributed by atoms with Gasteiger partial charge in [0.2, 0.25) is 0 Å². The molecule has 3 N–H and O–H groups in total. The standard InChI is InChI=1S/C10H22N2O2/c1-4-14-10(13)7-12-6-9(5-11)8(2)3/h8-9,12H,4-7,11H2,1-3H3. The van der Waals surface area contributed by atoms with E-state index in [9.17, 15) is 4.79 Å². The molecule has 1 unspecified atom stereocenters. The van der Waals surface area contributed by atoms with Crippen molar-refractivity contribution in [3.63, 3.8) is 0 Å². The zero-order valence-electron chi connectivity index (χ0n) is 9.38. The van der Waals surface area contributed by atoms with Gasteiger partial charge in [0.15, 0.2) is 0 Å². The predicted octanol–water partition coefficient (Wildman–Crippen LogP) is 0.370. The Morgan fingerprint density at radius 2 is 2.14 bits per heavy atom. The average Bonchev–Trinajstić information content (AvgIpc) is 2.12. The zero-order valence-corrected chi connectivity index (χ0v) is 9.38. The summed E-state index contributed by atoms with van der Waals surface area (Å²) in [5.74, 6) is 0.756. The van der Waals surface area contributed by atoms with Gasteiger partial charge in [-0.2, -0.15) is 0 Å². The lowest BCUT2D eigenvalue weighted by Crippen LogP contribution is -2.35. The number of ether oxygens (including phenoxy) is 1. The first-order valence-corrected chi connectivity index (χ1v) is 5.18. The van der Waals surface area contributed by atoms with E-state index in [1.54, 1.807) is 6.92 Å². The molecule has 0 aromatic heterocycles. The second-order valence-corrected chi connectivity index (χ2v) is 3.68. The summed E-state index contributed by atoms with van der Waals surface area (Å²) in [5.41, 5.74) is 5.59. The molecular formula is C10H22N2O2. The van der Waals surface area contributed by atoms with Crippen molar-refractivity contribution in [3.05, 3.63) is 0 Å². The van der Waals surface area contributed by atoms with Crippen LogP contribution < -0.4 is 11.1 Å². The molecule has 0 saturated heterocycles. The van der Waals surface area contributed by atoms with Gasteiger partial charge in [-0.3, -0.25) is 4.79 Å². The molecule has 0 rings (SSSR count). The van der Waals surface area contributed by atoms with Crippen LogP contribution in [0.15, 0.2) is 0 Å². The van der Waals surface area contributed by atoms with Crippen LogP contribution in [0.3, 0.4) is 0 Å². The van der Waals surface area contributed by atoms with Crippen LogP contribution in [-0.4, -0.2) is 32.2 Å². The first kappa shape index (κ1) is 13.4. The molecule has 0 aliphatic rings. The molecular weight excluding hydrogens is 180 g/mol. The summed E-state index contributed by atoms with van der Waals surface area (Å²) in [4.78, 5) is 11.0. The van der Waals surface area contributed by atoms with Gasteiger partial charge in [-0.25, -0.2) is 0 Å². The highest BCUT2D eigenvalue weighted by Gasteiger charge is 2.11. The van der Waals surface area contributed by atoms with Crippen LogP contribution in [0.5, 0.6) is 0 Å². The van der Waals surface area contributed by atoms with Gasteiger partial charge < -0.3 is 15.8 Å². The van der Waals surface area contributed by atoms with Crippen molar-refractivity contribution in [1.29, 1.82) is 0 Å². The number of hydrogen-bond donors (Lipinski definition) is 2. The summed E-state index contributed by atoms with van der Waals surface area (Å²) in [6.07, 6.45) is 0. The number of nitrogens with one attached hydrogen (secondary N) is 1. The smallest absolute Gasteiger partial charge is 0.319 e. The third-order valence-corrected chi connectivity index (χ3v) is 2.23. The van der Waals surface area contributed by atoms with Crippen LogP contribution in [0, 0.1) is 11.8 Å². The second-order valence-electron chi connectivity index (χ2n) is 3.68. The van der Waals surface area contributed by atoms with Crippen LogP contribution in [0.25, 0.3) is 0 Å². The number of rotatable bonds is 7. The third-order valence-electron chi connectivity index (χ3n) is 2.23. The van der Waals surface area contributed by atoms with Gasteiger partial charge in [0.05, 0.1) is 13.2 Å². The van der Waals surface area contributed by atoms with Gasteiger partial charge in [-0.1, -0.05) is 13.8 Å². The van der Waals surface area contributed by atoms with E-state index in [0.717, 1.165) is 6.54 Å². The van der Waals surface area contributed by atoms with Gasteiger partial charge >= 0.3 is 5.97 Å². The summed E-state index contributed by atoms with van der Waals surface area (Å²) in [6.45, 7) is 8.18. The molecule has 14 heavy (non-hydrogen) atoms. The normalized spacial score (nSPS) is 12.9. The lowest BCUT2D eigenvalue weighted by Gasteiger charge is -2.18. The van der Waals surface area contributed by atoms with Gasteiger partial charge in [0.25, 0.3) is 0 Å². The fourth-order valence-electron chi connectivity index (χ4n) is 1.16. The monoisotopic (exact) mass is 202 g/mol. The molecule has 4 heteroatoms. The molecule has 0 aliphatic heterocycles. The van der Waals surface area contributed by atoms with Crippen molar-refractivity contribution in [2.45, 2.75) is 20.8 Å². The minimum atomic E-state index is -0.202. The first-order chi connectivity index (χ1) is 6.61. The maximum Gasteiger partial charge on any atom is 0.319 e. The summed E-state index contributed by atoms with van der Waals surface area (Å²) >= 11 is 0. The summed E-state index contributed by atoms with van der Waals surface area (Å²) < 4.78 is 4.79. The topological polar surface area (TPSA) is 64.3 Å². The number of carbonyl (C=O) groups is 1. The molecule has 1 atom stereocenters. The highest BCUT2D eigenvalue weighted by atomic mass is 16.5. The Hall–Kier alpha value is -0.610. The molecule has 0 bridgehead atoms. The number of hydrogen-bond acceptors (Lipinski definition) is 4. The highest BCUT2D eigenvalue weighted by molar-refractivity contribution is 5.71. The molecule has 0 amide bonds. The highest BCUT2D eigenvalue weighted by Crippen LogP contribution is 2.06. The van der Waals surface area contributed by atoms with Crippen molar-refractivity contribution in [3.8, 4) is 0 Å². The average molecular weight is 202 g/mol. The van der Waals surface area contributed by atoms with Crippen molar-refractivity contribution >= 4 is 5.97 Å². The molecule has 0 aromatic carbocycles.